The third kappa shape index (κ3) is 3.25. The molecule has 0 unspecified atom stereocenters. The Labute approximate surface area is 99.6 Å². The number of esters is 1. The molecule has 4 heteroatoms. The Morgan fingerprint density at radius 2 is 1.82 bits per heavy atom. The Bertz CT molecular complexity index is 372. The van der Waals surface area contributed by atoms with Crippen molar-refractivity contribution in [3.63, 3.8) is 0 Å². The standard InChI is InChI=1S/C13H16F2O2/c1-3-5-10-6-8-11(9-7-10)13(14,15)12(16)17-4-2/h6-9H,3-5H2,1-2H3. The molecule has 0 fully saturated rings. The second-order valence-electron chi connectivity index (χ2n) is 3.74. The van der Waals surface area contributed by atoms with Crippen LogP contribution < -0.4 is 0 Å². The highest BCUT2D eigenvalue weighted by atomic mass is 19.3. The van der Waals surface area contributed by atoms with Crippen LogP contribution in [-0.2, 0) is 21.9 Å². The maximum Gasteiger partial charge on any atom is 0.381 e. The predicted molar refractivity (Wildman–Crippen MR) is 61.0 cm³/mol. The van der Waals surface area contributed by atoms with Crippen molar-refractivity contribution < 1.29 is 18.3 Å². The van der Waals surface area contributed by atoms with E-state index in [1.807, 2.05) is 6.92 Å². The number of aryl methyl sites for hydroxylation is 1. The second-order valence-corrected chi connectivity index (χ2v) is 3.74. The maximum atomic E-state index is 13.6. The van der Waals surface area contributed by atoms with E-state index in [4.69, 9.17) is 0 Å². The Hall–Kier alpha value is -1.45. The molecular weight excluding hydrogens is 226 g/mol. The summed E-state index contributed by atoms with van der Waals surface area (Å²) in [7, 11) is 0. The summed E-state index contributed by atoms with van der Waals surface area (Å²) in [5.41, 5.74) is 0.659. The zero-order chi connectivity index (χ0) is 12.9. The first-order chi connectivity index (χ1) is 8.02. The molecule has 0 bridgehead atoms. The zero-order valence-electron chi connectivity index (χ0n) is 10.0. The van der Waals surface area contributed by atoms with Gasteiger partial charge in [-0.3, -0.25) is 0 Å². The highest BCUT2D eigenvalue weighted by Crippen LogP contribution is 2.29. The van der Waals surface area contributed by atoms with Gasteiger partial charge in [-0.05, 0) is 18.9 Å². The summed E-state index contributed by atoms with van der Waals surface area (Å²) < 4.78 is 31.5. The minimum atomic E-state index is -3.57. The van der Waals surface area contributed by atoms with Crippen molar-refractivity contribution in [2.75, 3.05) is 6.61 Å². The van der Waals surface area contributed by atoms with Crippen LogP contribution in [0.4, 0.5) is 8.78 Å². The second kappa shape index (κ2) is 5.75. The minimum absolute atomic E-state index is 0.0532. The number of carbonyl (C=O) groups is 1. The van der Waals surface area contributed by atoms with E-state index in [0.717, 1.165) is 18.4 Å². The highest BCUT2D eigenvalue weighted by molar-refractivity contribution is 5.79. The Balaban J connectivity index is 2.87. The van der Waals surface area contributed by atoms with Gasteiger partial charge in [0.15, 0.2) is 0 Å². The normalized spacial score (nSPS) is 11.3. The van der Waals surface area contributed by atoms with Crippen LogP contribution in [0.2, 0.25) is 0 Å². The van der Waals surface area contributed by atoms with Crippen LogP contribution in [0.25, 0.3) is 0 Å². The van der Waals surface area contributed by atoms with Gasteiger partial charge in [-0.2, -0.15) is 8.78 Å². The van der Waals surface area contributed by atoms with Gasteiger partial charge in [0.25, 0.3) is 0 Å². The molecule has 0 amide bonds. The maximum absolute atomic E-state index is 13.6. The lowest BCUT2D eigenvalue weighted by Crippen LogP contribution is -2.28. The average molecular weight is 242 g/mol. The van der Waals surface area contributed by atoms with Crippen molar-refractivity contribution in [1.82, 2.24) is 0 Å². The van der Waals surface area contributed by atoms with Gasteiger partial charge in [0.05, 0.1) is 6.61 Å². The highest BCUT2D eigenvalue weighted by Gasteiger charge is 2.42. The zero-order valence-corrected chi connectivity index (χ0v) is 10.0. The van der Waals surface area contributed by atoms with Crippen molar-refractivity contribution in [3.05, 3.63) is 35.4 Å². The minimum Gasteiger partial charge on any atom is -0.461 e. The summed E-state index contributed by atoms with van der Waals surface area (Å²) in [5, 5.41) is 0. The van der Waals surface area contributed by atoms with Gasteiger partial charge in [-0.15, -0.1) is 0 Å². The first-order valence-electron chi connectivity index (χ1n) is 5.66. The quantitative estimate of drug-likeness (QED) is 0.740. The number of hydrogen-bond acceptors (Lipinski definition) is 2. The predicted octanol–water partition coefficient (Wildman–Crippen LogP) is 3.29. The van der Waals surface area contributed by atoms with E-state index >= 15 is 0 Å². The number of halogens is 2. The molecule has 1 aromatic carbocycles. The topological polar surface area (TPSA) is 26.3 Å². The fourth-order valence-electron chi connectivity index (χ4n) is 1.51. The summed E-state index contributed by atoms with van der Waals surface area (Å²) in [6.07, 6.45) is 1.79. The van der Waals surface area contributed by atoms with Gasteiger partial charge >= 0.3 is 11.9 Å². The number of ether oxygens (including phenoxy) is 1. The van der Waals surface area contributed by atoms with E-state index in [1.165, 1.54) is 19.1 Å². The third-order valence-electron chi connectivity index (χ3n) is 2.39. The lowest BCUT2D eigenvalue weighted by Gasteiger charge is -2.15. The molecule has 94 valence electrons. The van der Waals surface area contributed by atoms with Crippen molar-refractivity contribution in [2.45, 2.75) is 32.6 Å². The number of alkyl halides is 2. The number of benzene rings is 1. The van der Waals surface area contributed by atoms with Crippen molar-refractivity contribution in [3.8, 4) is 0 Å². The van der Waals surface area contributed by atoms with Crippen molar-refractivity contribution in [2.24, 2.45) is 0 Å². The van der Waals surface area contributed by atoms with E-state index in [-0.39, 0.29) is 12.2 Å². The smallest absolute Gasteiger partial charge is 0.381 e. The van der Waals surface area contributed by atoms with Crippen LogP contribution in [-0.4, -0.2) is 12.6 Å². The molecule has 17 heavy (non-hydrogen) atoms. The summed E-state index contributed by atoms with van der Waals surface area (Å²) in [6.45, 7) is 3.46. The molecule has 0 heterocycles. The van der Waals surface area contributed by atoms with E-state index < -0.39 is 11.9 Å². The van der Waals surface area contributed by atoms with Crippen LogP contribution in [0.5, 0.6) is 0 Å². The summed E-state index contributed by atoms with van der Waals surface area (Å²) in [4.78, 5) is 11.1. The molecule has 0 N–H and O–H groups in total. The molecule has 0 aliphatic rings. The van der Waals surface area contributed by atoms with Crippen LogP contribution in [0, 0.1) is 0 Å². The number of carbonyl (C=O) groups excluding carboxylic acids is 1. The lowest BCUT2D eigenvalue weighted by atomic mass is 10.0. The Morgan fingerprint density at radius 1 is 1.24 bits per heavy atom. The average Bonchev–Trinajstić information content (AvgIpc) is 2.30. The van der Waals surface area contributed by atoms with Crippen LogP contribution in [0.3, 0.4) is 0 Å². The number of hydrogen-bond donors (Lipinski definition) is 0. The Morgan fingerprint density at radius 3 is 2.29 bits per heavy atom. The van der Waals surface area contributed by atoms with Gasteiger partial charge in [0, 0.05) is 5.56 Å². The monoisotopic (exact) mass is 242 g/mol. The first-order valence-corrected chi connectivity index (χ1v) is 5.66. The first kappa shape index (κ1) is 13.6. The van der Waals surface area contributed by atoms with Gasteiger partial charge in [-0.1, -0.05) is 37.6 Å². The molecule has 2 nitrogen and oxygen atoms in total. The van der Waals surface area contributed by atoms with Crippen molar-refractivity contribution in [1.29, 1.82) is 0 Å². The molecule has 0 aromatic heterocycles. The Kier molecular flexibility index (Phi) is 4.61. The molecule has 0 atom stereocenters. The van der Waals surface area contributed by atoms with Gasteiger partial charge in [0.1, 0.15) is 0 Å². The molecular formula is C13H16F2O2. The van der Waals surface area contributed by atoms with E-state index in [0.29, 0.717) is 0 Å². The molecule has 1 rings (SSSR count). The van der Waals surface area contributed by atoms with E-state index in [2.05, 4.69) is 4.74 Å². The van der Waals surface area contributed by atoms with Crippen LogP contribution >= 0.6 is 0 Å². The van der Waals surface area contributed by atoms with Gasteiger partial charge in [-0.25, -0.2) is 4.79 Å². The van der Waals surface area contributed by atoms with Crippen LogP contribution in [0.15, 0.2) is 24.3 Å². The summed E-state index contributed by atoms with van der Waals surface area (Å²) >= 11 is 0. The fourth-order valence-corrected chi connectivity index (χ4v) is 1.51. The molecule has 0 saturated heterocycles. The van der Waals surface area contributed by atoms with E-state index in [1.54, 1.807) is 12.1 Å². The lowest BCUT2D eigenvalue weighted by molar-refractivity contribution is -0.173. The molecule has 0 saturated carbocycles. The molecule has 0 spiro atoms. The fraction of sp³-hybridized carbons (Fsp3) is 0.462. The molecule has 0 aliphatic carbocycles. The number of rotatable bonds is 5. The summed E-state index contributed by atoms with van der Waals surface area (Å²) in [5.74, 6) is -5.07. The molecule has 0 aliphatic heterocycles. The third-order valence-corrected chi connectivity index (χ3v) is 2.39. The van der Waals surface area contributed by atoms with Crippen molar-refractivity contribution >= 4 is 5.97 Å². The largest absolute Gasteiger partial charge is 0.461 e. The molecule has 0 radical (unpaired) electrons. The van der Waals surface area contributed by atoms with Gasteiger partial charge in [0.2, 0.25) is 0 Å². The van der Waals surface area contributed by atoms with Gasteiger partial charge < -0.3 is 4.74 Å². The summed E-state index contributed by atoms with van der Waals surface area (Å²) in [6, 6.07) is 5.79. The molecule has 1 aromatic rings. The SMILES string of the molecule is CCCc1ccc(C(F)(F)C(=O)OCC)cc1. The van der Waals surface area contributed by atoms with E-state index in [9.17, 15) is 13.6 Å². The van der Waals surface area contributed by atoms with Crippen LogP contribution in [0.1, 0.15) is 31.4 Å².